The third-order valence-electron chi connectivity index (χ3n) is 4.90. The molecule has 0 unspecified atom stereocenters. The van der Waals surface area contributed by atoms with Crippen LogP contribution in [0.1, 0.15) is 27.0 Å². The van der Waals surface area contributed by atoms with Crippen molar-refractivity contribution in [2.45, 2.75) is 13.3 Å². The monoisotopic (exact) mass is 496 g/mol. The molecule has 0 saturated carbocycles. The van der Waals surface area contributed by atoms with E-state index in [4.69, 9.17) is 5.73 Å². The number of anilines is 3. The van der Waals surface area contributed by atoms with Gasteiger partial charge in [-0.2, -0.15) is 8.42 Å². The van der Waals surface area contributed by atoms with Crippen LogP contribution in [0.3, 0.4) is 0 Å². The number of aryl methyl sites for hydroxylation is 1. The Morgan fingerprint density at radius 2 is 1.65 bits per heavy atom. The molecule has 0 aromatic heterocycles. The highest BCUT2D eigenvalue weighted by atomic mass is 32.2. The van der Waals surface area contributed by atoms with E-state index in [2.05, 4.69) is 5.32 Å². The Labute approximate surface area is 193 Å². The van der Waals surface area contributed by atoms with Crippen LogP contribution in [0.4, 0.5) is 34.6 Å². The number of amides is 1. The predicted molar refractivity (Wildman–Crippen MR) is 120 cm³/mol. The van der Waals surface area contributed by atoms with E-state index in [1.165, 1.54) is 24.3 Å². The van der Waals surface area contributed by atoms with E-state index in [-0.39, 0.29) is 11.3 Å². The molecule has 0 heterocycles. The number of hydrogen-bond acceptors (Lipinski definition) is 4. The Kier molecular flexibility index (Phi) is 7.12. The molecule has 0 saturated heterocycles. The molecule has 0 aliphatic rings. The molecule has 7 nitrogen and oxygen atoms in total. The van der Waals surface area contributed by atoms with Gasteiger partial charge in [-0.1, -0.05) is 18.2 Å². The maximum absolute atomic E-state index is 15.0. The second kappa shape index (κ2) is 9.69. The molecular formula is C22H20F4N4O3S. The van der Waals surface area contributed by atoms with Crippen molar-refractivity contribution in [3.05, 3.63) is 88.0 Å². The zero-order valence-electron chi connectivity index (χ0n) is 18.0. The van der Waals surface area contributed by atoms with Crippen molar-refractivity contribution in [2.75, 3.05) is 17.1 Å². The zero-order chi connectivity index (χ0) is 25.2. The first-order valence-corrected chi connectivity index (χ1v) is 11.2. The van der Waals surface area contributed by atoms with Crippen LogP contribution in [0.5, 0.6) is 0 Å². The Morgan fingerprint density at radius 1 is 0.941 bits per heavy atom. The Balaban J connectivity index is 2.04. The maximum Gasteiger partial charge on any atom is 0.298 e. The van der Waals surface area contributed by atoms with Gasteiger partial charge in [-0.25, -0.2) is 22.3 Å². The summed E-state index contributed by atoms with van der Waals surface area (Å²) in [4.78, 5) is 12.0. The van der Waals surface area contributed by atoms with Gasteiger partial charge >= 0.3 is 0 Å². The molecule has 0 spiro atoms. The fourth-order valence-corrected chi connectivity index (χ4v) is 3.73. The molecule has 3 rings (SSSR count). The van der Waals surface area contributed by atoms with Crippen LogP contribution in [-0.4, -0.2) is 21.4 Å². The predicted octanol–water partition coefficient (Wildman–Crippen LogP) is 3.86. The first-order valence-electron chi connectivity index (χ1n) is 9.76. The van der Waals surface area contributed by atoms with Crippen molar-refractivity contribution in [1.29, 1.82) is 0 Å². The normalized spacial score (nSPS) is 11.4. The standard InChI is InChI=1S/C22H20F4N4O3S/c1-11-6-7-16(15(23)8-11)29-21-14(22(27)31)10-13(19(25)20(21)26)9-12-4-3-5-17(18(12)24)30-34(32,33)28-2/h3-8,10,28-30H,9H2,1-2H3,(H2,27,31). The number of hydrogen-bond donors (Lipinski definition) is 4. The number of benzene rings is 3. The lowest BCUT2D eigenvalue weighted by Gasteiger charge is -2.16. The number of rotatable bonds is 8. The van der Waals surface area contributed by atoms with E-state index >= 15 is 0 Å². The highest BCUT2D eigenvalue weighted by Gasteiger charge is 2.24. The molecule has 0 radical (unpaired) electrons. The van der Waals surface area contributed by atoms with E-state index in [0.29, 0.717) is 5.56 Å². The summed E-state index contributed by atoms with van der Waals surface area (Å²) in [5.74, 6) is -5.85. The van der Waals surface area contributed by atoms with Crippen molar-refractivity contribution in [1.82, 2.24) is 4.72 Å². The van der Waals surface area contributed by atoms with Gasteiger partial charge < -0.3 is 11.1 Å². The van der Waals surface area contributed by atoms with Gasteiger partial charge in [0.1, 0.15) is 5.82 Å². The molecule has 180 valence electrons. The van der Waals surface area contributed by atoms with Crippen LogP contribution in [0.25, 0.3) is 0 Å². The summed E-state index contributed by atoms with van der Waals surface area (Å²) in [7, 11) is -2.92. The number of halogens is 4. The molecule has 5 N–H and O–H groups in total. The van der Waals surface area contributed by atoms with Gasteiger partial charge in [-0.3, -0.25) is 9.52 Å². The molecule has 1 amide bonds. The minimum atomic E-state index is -4.03. The number of nitrogens with two attached hydrogens (primary N) is 1. The molecule has 3 aromatic carbocycles. The van der Waals surface area contributed by atoms with Gasteiger partial charge in [-0.15, -0.1) is 0 Å². The van der Waals surface area contributed by atoms with Crippen LogP contribution >= 0.6 is 0 Å². The highest BCUT2D eigenvalue weighted by Crippen LogP contribution is 2.32. The first-order chi connectivity index (χ1) is 15.9. The molecule has 3 aromatic rings. The van der Waals surface area contributed by atoms with Crippen LogP contribution in [0, 0.1) is 30.2 Å². The van der Waals surface area contributed by atoms with E-state index in [9.17, 15) is 30.8 Å². The lowest BCUT2D eigenvalue weighted by Crippen LogP contribution is -2.27. The lowest BCUT2D eigenvalue weighted by atomic mass is 9.99. The summed E-state index contributed by atoms with van der Waals surface area (Å²) < 4.78 is 86.2. The van der Waals surface area contributed by atoms with Crippen molar-refractivity contribution in [3.63, 3.8) is 0 Å². The van der Waals surface area contributed by atoms with Gasteiger partial charge in [0, 0.05) is 13.5 Å². The quantitative estimate of drug-likeness (QED) is 0.355. The smallest absolute Gasteiger partial charge is 0.298 e. The molecule has 0 aliphatic carbocycles. The van der Waals surface area contributed by atoms with Gasteiger partial charge in [-0.05, 0) is 47.9 Å². The minimum absolute atomic E-state index is 0.185. The summed E-state index contributed by atoms with van der Waals surface area (Å²) in [5, 5.41) is 2.35. The average molecular weight is 496 g/mol. The Bertz CT molecular complexity index is 1380. The number of carbonyl (C=O) groups is 1. The summed E-state index contributed by atoms with van der Waals surface area (Å²) in [6, 6.07) is 8.59. The number of nitrogens with one attached hydrogen (secondary N) is 3. The average Bonchev–Trinajstić information content (AvgIpc) is 2.77. The molecule has 0 fully saturated rings. The summed E-state index contributed by atoms with van der Waals surface area (Å²) in [5.41, 5.74) is 3.52. The van der Waals surface area contributed by atoms with Gasteiger partial charge in [0.15, 0.2) is 17.5 Å². The third kappa shape index (κ3) is 5.29. The molecular weight excluding hydrogens is 476 g/mol. The molecule has 0 aliphatic heterocycles. The van der Waals surface area contributed by atoms with Crippen LogP contribution in [-0.2, 0) is 16.6 Å². The zero-order valence-corrected chi connectivity index (χ0v) is 18.8. The molecule has 0 bridgehead atoms. The second-order valence-electron chi connectivity index (χ2n) is 7.32. The van der Waals surface area contributed by atoms with Crippen LogP contribution in [0.15, 0.2) is 42.5 Å². The van der Waals surface area contributed by atoms with E-state index in [0.717, 1.165) is 25.2 Å². The fourth-order valence-electron chi connectivity index (χ4n) is 3.18. The van der Waals surface area contributed by atoms with Crippen molar-refractivity contribution in [2.24, 2.45) is 5.73 Å². The topological polar surface area (TPSA) is 113 Å². The molecule has 0 atom stereocenters. The van der Waals surface area contributed by atoms with Crippen molar-refractivity contribution >= 4 is 33.2 Å². The maximum atomic E-state index is 15.0. The van der Waals surface area contributed by atoms with E-state index < -0.39 is 68.3 Å². The Morgan fingerprint density at radius 3 is 2.26 bits per heavy atom. The first kappa shape index (κ1) is 25.0. The highest BCUT2D eigenvalue weighted by molar-refractivity contribution is 7.90. The summed E-state index contributed by atoms with van der Waals surface area (Å²) >= 11 is 0. The second-order valence-corrected chi connectivity index (χ2v) is 8.94. The largest absolute Gasteiger partial charge is 0.366 e. The van der Waals surface area contributed by atoms with E-state index in [1.807, 2.05) is 9.44 Å². The van der Waals surface area contributed by atoms with Crippen LogP contribution < -0.4 is 20.5 Å². The van der Waals surface area contributed by atoms with Crippen LogP contribution in [0.2, 0.25) is 0 Å². The lowest BCUT2D eigenvalue weighted by molar-refractivity contribution is 0.100. The third-order valence-corrected chi connectivity index (χ3v) is 5.93. The SMILES string of the molecule is CNS(=O)(=O)Nc1cccc(Cc2cc(C(N)=O)c(Nc3ccc(C)cc3F)c(F)c2F)c1F. The summed E-state index contributed by atoms with van der Waals surface area (Å²) in [6.45, 7) is 1.63. The molecule has 34 heavy (non-hydrogen) atoms. The van der Waals surface area contributed by atoms with Gasteiger partial charge in [0.25, 0.3) is 16.1 Å². The Hall–Kier alpha value is -3.64. The van der Waals surface area contributed by atoms with E-state index in [1.54, 1.807) is 6.92 Å². The fraction of sp³-hybridized carbons (Fsp3) is 0.136. The molecule has 12 heteroatoms. The van der Waals surface area contributed by atoms with Gasteiger partial charge in [0.05, 0.1) is 22.6 Å². The summed E-state index contributed by atoms with van der Waals surface area (Å²) in [6.07, 6.45) is -0.539. The van der Waals surface area contributed by atoms with Crippen molar-refractivity contribution < 1.29 is 30.8 Å². The van der Waals surface area contributed by atoms with Crippen molar-refractivity contribution in [3.8, 4) is 0 Å². The van der Waals surface area contributed by atoms with Gasteiger partial charge in [0.2, 0.25) is 0 Å². The number of carbonyl (C=O) groups excluding carboxylic acids is 1. The number of primary amides is 1. The minimum Gasteiger partial charge on any atom is -0.366 e.